The van der Waals surface area contributed by atoms with E-state index in [1.807, 2.05) is 12.4 Å². The second-order valence-corrected chi connectivity index (χ2v) is 4.33. The van der Waals surface area contributed by atoms with E-state index in [9.17, 15) is 0 Å². The van der Waals surface area contributed by atoms with E-state index < -0.39 is 0 Å². The van der Waals surface area contributed by atoms with E-state index in [2.05, 4.69) is 27.4 Å². The number of nitriles is 1. The maximum absolute atomic E-state index is 8.94. The van der Waals surface area contributed by atoms with Crippen molar-refractivity contribution in [2.45, 2.75) is 32.9 Å². The van der Waals surface area contributed by atoms with Crippen molar-refractivity contribution in [3.8, 4) is 6.07 Å². The molecule has 1 fully saturated rings. The van der Waals surface area contributed by atoms with Gasteiger partial charge in [-0.25, -0.2) is 4.98 Å². The minimum absolute atomic E-state index is 0.207. The molecule has 2 heterocycles. The second kappa shape index (κ2) is 5.13. The van der Waals surface area contributed by atoms with E-state index in [1.54, 1.807) is 0 Å². The summed E-state index contributed by atoms with van der Waals surface area (Å²) >= 11 is 0. The zero-order valence-corrected chi connectivity index (χ0v) is 9.76. The monoisotopic (exact) mass is 218 g/mol. The number of rotatable bonds is 3. The molecule has 0 bridgehead atoms. The number of aromatic nitrogens is 2. The summed E-state index contributed by atoms with van der Waals surface area (Å²) in [7, 11) is 0. The van der Waals surface area contributed by atoms with Crippen LogP contribution in [0.3, 0.4) is 0 Å². The third-order valence-electron chi connectivity index (χ3n) is 3.20. The zero-order chi connectivity index (χ0) is 11.4. The number of likely N-dealkylation sites (tertiary alicyclic amines) is 1. The van der Waals surface area contributed by atoms with Gasteiger partial charge in [-0.05, 0) is 26.3 Å². The van der Waals surface area contributed by atoms with Crippen molar-refractivity contribution >= 4 is 0 Å². The minimum atomic E-state index is 0.207. The summed E-state index contributed by atoms with van der Waals surface area (Å²) < 4.78 is 2.16. The first-order valence-corrected chi connectivity index (χ1v) is 5.95. The van der Waals surface area contributed by atoms with Crippen LogP contribution in [0.2, 0.25) is 0 Å². The zero-order valence-electron chi connectivity index (χ0n) is 9.76. The Labute approximate surface area is 96.5 Å². The van der Waals surface area contributed by atoms with E-state index in [-0.39, 0.29) is 5.92 Å². The molecule has 0 aliphatic carbocycles. The van der Waals surface area contributed by atoms with Crippen molar-refractivity contribution < 1.29 is 0 Å². The number of aryl methyl sites for hydroxylation is 1. The van der Waals surface area contributed by atoms with Crippen molar-refractivity contribution in [2.75, 3.05) is 13.1 Å². The topological polar surface area (TPSA) is 44.9 Å². The first-order chi connectivity index (χ1) is 7.83. The van der Waals surface area contributed by atoms with Crippen LogP contribution in [0.25, 0.3) is 0 Å². The fourth-order valence-electron chi connectivity index (χ4n) is 2.28. The molecule has 0 amide bonds. The van der Waals surface area contributed by atoms with Crippen LogP contribution in [0.15, 0.2) is 12.4 Å². The molecule has 86 valence electrons. The van der Waals surface area contributed by atoms with E-state index in [1.165, 1.54) is 0 Å². The van der Waals surface area contributed by atoms with Gasteiger partial charge in [-0.3, -0.25) is 4.90 Å². The van der Waals surface area contributed by atoms with Gasteiger partial charge >= 0.3 is 0 Å². The number of hydrogen-bond acceptors (Lipinski definition) is 3. The Balaban J connectivity index is 1.97. The van der Waals surface area contributed by atoms with Crippen LogP contribution in [0.4, 0.5) is 0 Å². The lowest BCUT2D eigenvalue weighted by Crippen LogP contribution is -2.35. The van der Waals surface area contributed by atoms with Crippen molar-refractivity contribution in [3.05, 3.63) is 18.2 Å². The van der Waals surface area contributed by atoms with Crippen LogP contribution in [0, 0.1) is 17.2 Å². The Hall–Kier alpha value is -1.34. The molecular formula is C12H18N4. The largest absolute Gasteiger partial charge is 0.334 e. The smallest absolute Gasteiger partial charge is 0.122 e. The van der Waals surface area contributed by atoms with Gasteiger partial charge < -0.3 is 4.57 Å². The quantitative estimate of drug-likeness (QED) is 0.774. The van der Waals surface area contributed by atoms with Gasteiger partial charge in [-0.2, -0.15) is 5.26 Å². The highest BCUT2D eigenvalue weighted by molar-refractivity contribution is 4.95. The Kier molecular flexibility index (Phi) is 3.58. The van der Waals surface area contributed by atoms with Gasteiger partial charge in [-0.1, -0.05) is 0 Å². The number of hydrogen-bond donors (Lipinski definition) is 0. The Morgan fingerprint density at radius 3 is 3.25 bits per heavy atom. The summed E-state index contributed by atoms with van der Waals surface area (Å²) in [6, 6.07) is 2.37. The summed E-state index contributed by atoms with van der Waals surface area (Å²) in [5, 5.41) is 8.94. The van der Waals surface area contributed by atoms with Crippen molar-refractivity contribution in [3.63, 3.8) is 0 Å². The highest BCUT2D eigenvalue weighted by Gasteiger charge is 2.20. The molecule has 16 heavy (non-hydrogen) atoms. The van der Waals surface area contributed by atoms with Crippen LogP contribution in [0.5, 0.6) is 0 Å². The lowest BCUT2D eigenvalue weighted by atomic mass is 10.00. The molecule has 4 nitrogen and oxygen atoms in total. The summed E-state index contributed by atoms with van der Waals surface area (Å²) in [6.45, 7) is 5.95. The van der Waals surface area contributed by atoms with Crippen molar-refractivity contribution in [1.82, 2.24) is 14.5 Å². The predicted molar refractivity (Wildman–Crippen MR) is 61.5 cm³/mol. The van der Waals surface area contributed by atoms with Crippen LogP contribution in [-0.2, 0) is 13.1 Å². The standard InChI is InChI=1S/C12H18N4/c1-2-16-7-5-14-12(16)10-15-6-3-4-11(8-13)9-15/h5,7,11H,2-4,6,9-10H2,1H3/t11-/m1/s1. The summed E-state index contributed by atoms with van der Waals surface area (Å²) in [6.07, 6.45) is 6.05. The molecule has 1 aromatic rings. The highest BCUT2D eigenvalue weighted by atomic mass is 15.2. The Bertz CT molecular complexity index is 377. The molecule has 4 heteroatoms. The van der Waals surface area contributed by atoms with Gasteiger partial charge in [0.05, 0.1) is 18.5 Å². The summed E-state index contributed by atoms with van der Waals surface area (Å²) in [5.41, 5.74) is 0. The second-order valence-electron chi connectivity index (χ2n) is 4.33. The van der Waals surface area contributed by atoms with Crippen LogP contribution in [-0.4, -0.2) is 27.5 Å². The molecule has 1 atom stereocenters. The predicted octanol–water partition coefficient (Wildman–Crippen LogP) is 1.64. The summed E-state index contributed by atoms with van der Waals surface area (Å²) in [4.78, 5) is 6.71. The molecule has 0 aromatic carbocycles. The molecule has 2 rings (SSSR count). The molecule has 1 saturated heterocycles. The van der Waals surface area contributed by atoms with E-state index in [0.29, 0.717) is 0 Å². The average Bonchev–Trinajstić information content (AvgIpc) is 2.76. The average molecular weight is 218 g/mol. The maximum atomic E-state index is 8.94. The maximum Gasteiger partial charge on any atom is 0.122 e. The molecule has 0 N–H and O–H groups in total. The lowest BCUT2D eigenvalue weighted by molar-refractivity contribution is 0.186. The summed E-state index contributed by atoms with van der Waals surface area (Å²) in [5.74, 6) is 1.32. The minimum Gasteiger partial charge on any atom is -0.334 e. The fourth-order valence-corrected chi connectivity index (χ4v) is 2.28. The van der Waals surface area contributed by atoms with Gasteiger partial charge in [0, 0.05) is 25.5 Å². The van der Waals surface area contributed by atoms with Gasteiger partial charge in [0.15, 0.2) is 0 Å². The number of imidazole rings is 1. The SMILES string of the molecule is CCn1ccnc1CN1CCC[C@H](C#N)C1. The lowest BCUT2D eigenvalue weighted by Gasteiger charge is -2.29. The molecule has 0 spiro atoms. The molecule has 0 saturated carbocycles. The fraction of sp³-hybridized carbons (Fsp3) is 0.667. The van der Waals surface area contributed by atoms with E-state index in [0.717, 1.165) is 44.8 Å². The van der Waals surface area contributed by atoms with Gasteiger partial charge in [0.25, 0.3) is 0 Å². The van der Waals surface area contributed by atoms with Crippen molar-refractivity contribution in [2.24, 2.45) is 5.92 Å². The van der Waals surface area contributed by atoms with Crippen LogP contribution < -0.4 is 0 Å². The molecule has 0 unspecified atom stereocenters. The molecular weight excluding hydrogens is 200 g/mol. The third-order valence-corrected chi connectivity index (χ3v) is 3.20. The van der Waals surface area contributed by atoms with E-state index in [4.69, 9.17) is 5.26 Å². The van der Waals surface area contributed by atoms with Gasteiger partial charge in [0.1, 0.15) is 5.82 Å². The van der Waals surface area contributed by atoms with Crippen LogP contribution in [0.1, 0.15) is 25.6 Å². The van der Waals surface area contributed by atoms with E-state index >= 15 is 0 Å². The Morgan fingerprint density at radius 2 is 2.50 bits per heavy atom. The number of nitrogens with zero attached hydrogens (tertiary/aromatic N) is 4. The Morgan fingerprint density at radius 1 is 1.62 bits per heavy atom. The molecule has 1 aromatic heterocycles. The first-order valence-electron chi connectivity index (χ1n) is 5.95. The third kappa shape index (κ3) is 2.42. The van der Waals surface area contributed by atoms with Crippen molar-refractivity contribution in [1.29, 1.82) is 5.26 Å². The normalized spacial score (nSPS) is 21.9. The molecule has 1 aliphatic rings. The molecule has 1 aliphatic heterocycles. The van der Waals surface area contributed by atoms with Crippen LogP contribution >= 0.6 is 0 Å². The highest BCUT2D eigenvalue weighted by Crippen LogP contribution is 2.17. The van der Waals surface area contributed by atoms with Gasteiger partial charge in [-0.15, -0.1) is 0 Å². The number of piperidine rings is 1. The van der Waals surface area contributed by atoms with Gasteiger partial charge in [0.2, 0.25) is 0 Å². The first kappa shape index (κ1) is 11.2. The molecule has 0 radical (unpaired) electrons.